The number of methoxy groups -OCH3 is 2. The van der Waals surface area contributed by atoms with E-state index in [1.807, 2.05) is 18.2 Å². The molecule has 0 saturated carbocycles. The van der Waals surface area contributed by atoms with Crippen molar-refractivity contribution in [1.82, 2.24) is 15.2 Å². The molecule has 30 heavy (non-hydrogen) atoms. The molecule has 1 saturated heterocycles. The Balaban J connectivity index is 1.40. The van der Waals surface area contributed by atoms with Gasteiger partial charge in [-0.15, -0.1) is 0 Å². The predicted octanol–water partition coefficient (Wildman–Crippen LogP) is 2.63. The van der Waals surface area contributed by atoms with E-state index in [0.717, 1.165) is 43.3 Å². The molecule has 0 bridgehead atoms. The molecule has 0 aromatic heterocycles. The third-order valence-corrected chi connectivity index (χ3v) is 5.21. The normalized spacial score (nSPS) is 15.3. The van der Waals surface area contributed by atoms with E-state index < -0.39 is 0 Å². The molecule has 7 nitrogen and oxygen atoms in total. The molecule has 1 amide bonds. The number of piperazine rings is 1. The lowest BCUT2D eigenvalue weighted by Crippen LogP contribution is -2.48. The molecule has 160 valence electrons. The molecule has 1 heterocycles. The maximum Gasteiger partial charge on any atom is 0.254 e. The van der Waals surface area contributed by atoms with Crippen LogP contribution in [0.4, 0.5) is 0 Å². The van der Waals surface area contributed by atoms with Gasteiger partial charge in [-0.25, -0.2) is 5.43 Å². The Morgan fingerprint density at radius 3 is 2.37 bits per heavy atom. The van der Waals surface area contributed by atoms with Crippen LogP contribution in [-0.2, 0) is 11.3 Å². The first-order chi connectivity index (χ1) is 14.6. The molecule has 0 spiro atoms. The van der Waals surface area contributed by atoms with Gasteiger partial charge < -0.3 is 9.47 Å². The highest BCUT2D eigenvalue weighted by Crippen LogP contribution is 2.26. The topological polar surface area (TPSA) is 66.4 Å². The van der Waals surface area contributed by atoms with Crippen LogP contribution in [0.3, 0.4) is 0 Å². The van der Waals surface area contributed by atoms with Crippen molar-refractivity contribution < 1.29 is 14.3 Å². The number of carbonyl (C=O) groups is 1. The first-order valence-electron chi connectivity index (χ1n) is 9.80. The number of carbonyl (C=O) groups excluding carboxylic acids is 1. The summed E-state index contributed by atoms with van der Waals surface area (Å²) in [6.07, 6.45) is 1.59. The quantitative estimate of drug-likeness (QED) is 0.515. The second-order valence-electron chi connectivity index (χ2n) is 7.09. The van der Waals surface area contributed by atoms with Crippen molar-refractivity contribution in [3.8, 4) is 11.5 Å². The molecule has 1 N–H and O–H groups in total. The lowest BCUT2D eigenvalue weighted by molar-refractivity contribution is -0.122. The van der Waals surface area contributed by atoms with Gasteiger partial charge in [0.2, 0.25) is 0 Å². The number of hydrazone groups is 1. The second-order valence-corrected chi connectivity index (χ2v) is 7.52. The smallest absolute Gasteiger partial charge is 0.254 e. The molecule has 8 heteroatoms. The molecular weight excluding hydrogens is 404 g/mol. The van der Waals surface area contributed by atoms with Crippen LogP contribution in [0, 0.1) is 0 Å². The molecule has 2 aromatic carbocycles. The van der Waals surface area contributed by atoms with Crippen molar-refractivity contribution >= 4 is 23.7 Å². The van der Waals surface area contributed by atoms with Crippen LogP contribution in [0.2, 0.25) is 5.02 Å². The van der Waals surface area contributed by atoms with Gasteiger partial charge >= 0.3 is 0 Å². The fourth-order valence-corrected chi connectivity index (χ4v) is 3.43. The van der Waals surface area contributed by atoms with Gasteiger partial charge in [0.25, 0.3) is 5.91 Å². The van der Waals surface area contributed by atoms with Gasteiger partial charge in [0.1, 0.15) is 0 Å². The van der Waals surface area contributed by atoms with E-state index >= 15 is 0 Å². The van der Waals surface area contributed by atoms with E-state index in [2.05, 4.69) is 32.5 Å². The first-order valence-corrected chi connectivity index (χ1v) is 10.2. The number of nitrogens with one attached hydrogen (secondary N) is 1. The number of amides is 1. The zero-order chi connectivity index (χ0) is 21.3. The van der Waals surface area contributed by atoms with Crippen molar-refractivity contribution in [2.45, 2.75) is 6.54 Å². The van der Waals surface area contributed by atoms with E-state index in [9.17, 15) is 4.79 Å². The second kappa shape index (κ2) is 11.0. The van der Waals surface area contributed by atoms with Gasteiger partial charge in [-0.05, 0) is 41.5 Å². The number of nitrogens with zero attached hydrogens (tertiary/aromatic N) is 3. The van der Waals surface area contributed by atoms with Crippen molar-refractivity contribution in [3.05, 3.63) is 58.6 Å². The summed E-state index contributed by atoms with van der Waals surface area (Å²) in [5.41, 5.74) is 4.65. The maximum absolute atomic E-state index is 12.2. The Labute approximate surface area is 182 Å². The number of benzene rings is 2. The van der Waals surface area contributed by atoms with Crippen LogP contribution in [-0.4, -0.2) is 68.9 Å². The molecule has 0 radical (unpaired) electrons. The Hall–Kier alpha value is -2.61. The third kappa shape index (κ3) is 6.45. The van der Waals surface area contributed by atoms with Gasteiger partial charge in [0.05, 0.1) is 27.0 Å². The van der Waals surface area contributed by atoms with Crippen molar-refractivity contribution in [3.63, 3.8) is 0 Å². The van der Waals surface area contributed by atoms with E-state index in [0.29, 0.717) is 18.0 Å². The van der Waals surface area contributed by atoms with Gasteiger partial charge in [-0.1, -0.05) is 23.7 Å². The Bertz CT molecular complexity index is 865. The molecule has 1 aliphatic heterocycles. The van der Waals surface area contributed by atoms with Crippen LogP contribution >= 0.6 is 11.6 Å². The standard InChI is InChI=1S/C22H27ClN4O3/c1-29-20-8-5-18(13-21(20)30-2)14-24-25-22(28)16-27-11-9-26(10-12-27)15-17-3-6-19(23)7-4-17/h3-8,13-14H,9-12,15-16H2,1-2H3,(H,25,28)/b24-14-. The summed E-state index contributed by atoms with van der Waals surface area (Å²) >= 11 is 5.94. The molecule has 1 fully saturated rings. The fraction of sp³-hybridized carbons (Fsp3) is 0.364. The van der Waals surface area contributed by atoms with Gasteiger partial charge in [0, 0.05) is 37.7 Å². The van der Waals surface area contributed by atoms with Crippen LogP contribution < -0.4 is 14.9 Å². The highest BCUT2D eigenvalue weighted by molar-refractivity contribution is 6.30. The molecule has 0 atom stereocenters. The van der Waals surface area contributed by atoms with Gasteiger partial charge in [-0.3, -0.25) is 14.6 Å². The van der Waals surface area contributed by atoms with Gasteiger partial charge in [0.15, 0.2) is 11.5 Å². The number of hydrogen-bond donors (Lipinski definition) is 1. The number of rotatable bonds is 8. The van der Waals surface area contributed by atoms with Crippen LogP contribution in [0.15, 0.2) is 47.6 Å². The zero-order valence-corrected chi connectivity index (χ0v) is 18.1. The Kier molecular flexibility index (Phi) is 8.07. The molecule has 0 unspecified atom stereocenters. The predicted molar refractivity (Wildman–Crippen MR) is 118 cm³/mol. The summed E-state index contributed by atoms with van der Waals surface area (Å²) < 4.78 is 10.5. The number of halogens is 1. The summed E-state index contributed by atoms with van der Waals surface area (Å²) in [6.45, 7) is 4.77. The average Bonchev–Trinajstić information content (AvgIpc) is 2.76. The van der Waals surface area contributed by atoms with Gasteiger partial charge in [-0.2, -0.15) is 5.10 Å². The van der Waals surface area contributed by atoms with E-state index in [1.54, 1.807) is 32.6 Å². The number of ether oxygens (including phenoxy) is 2. The fourth-order valence-electron chi connectivity index (χ4n) is 3.30. The number of hydrogen-bond acceptors (Lipinski definition) is 6. The van der Waals surface area contributed by atoms with E-state index in [1.165, 1.54) is 5.56 Å². The molecule has 2 aromatic rings. The van der Waals surface area contributed by atoms with Crippen LogP contribution in [0.5, 0.6) is 11.5 Å². The van der Waals surface area contributed by atoms with E-state index in [-0.39, 0.29) is 5.91 Å². The zero-order valence-electron chi connectivity index (χ0n) is 17.3. The van der Waals surface area contributed by atoms with E-state index in [4.69, 9.17) is 21.1 Å². The highest BCUT2D eigenvalue weighted by atomic mass is 35.5. The summed E-state index contributed by atoms with van der Waals surface area (Å²) in [7, 11) is 3.17. The lowest BCUT2D eigenvalue weighted by Gasteiger charge is -2.34. The largest absolute Gasteiger partial charge is 0.493 e. The Morgan fingerprint density at radius 2 is 1.70 bits per heavy atom. The molecule has 0 aliphatic carbocycles. The van der Waals surface area contributed by atoms with Crippen molar-refractivity contribution in [2.75, 3.05) is 46.9 Å². The maximum atomic E-state index is 12.2. The highest BCUT2D eigenvalue weighted by Gasteiger charge is 2.18. The molecular formula is C22H27ClN4O3. The summed E-state index contributed by atoms with van der Waals surface area (Å²) in [4.78, 5) is 16.7. The van der Waals surface area contributed by atoms with Crippen molar-refractivity contribution in [1.29, 1.82) is 0 Å². The SMILES string of the molecule is COc1ccc(/C=N\NC(=O)CN2CCN(Cc3ccc(Cl)cc3)CC2)cc1OC. The van der Waals surface area contributed by atoms with Crippen molar-refractivity contribution in [2.24, 2.45) is 5.10 Å². The molecule has 1 aliphatic rings. The van der Waals surface area contributed by atoms with Crippen LogP contribution in [0.25, 0.3) is 0 Å². The Morgan fingerprint density at radius 1 is 1.03 bits per heavy atom. The summed E-state index contributed by atoms with van der Waals surface area (Å²) in [5.74, 6) is 1.14. The lowest BCUT2D eigenvalue weighted by atomic mass is 10.2. The summed E-state index contributed by atoms with van der Waals surface area (Å²) in [6, 6.07) is 13.4. The average molecular weight is 431 g/mol. The minimum absolute atomic E-state index is 0.127. The minimum Gasteiger partial charge on any atom is -0.493 e. The summed E-state index contributed by atoms with van der Waals surface area (Å²) in [5, 5.41) is 4.80. The third-order valence-electron chi connectivity index (χ3n) is 4.96. The first kappa shape index (κ1) is 22.1. The molecule has 3 rings (SSSR count). The monoisotopic (exact) mass is 430 g/mol. The van der Waals surface area contributed by atoms with Crippen LogP contribution in [0.1, 0.15) is 11.1 Å². The minimum atomic E-state index is -0.127.